The minimum Gasteiger partial charge on any atom is -0.380 e. The minimum atomic E-state index is 0. The van der Waals surface area contributed by atoms with Gasteiger partial charge in [0, 0.05) is 15.1 Å². The van der Waals surface area contributed by atoms with Crippen LogP contribution in [0.25, 0.3) is 0 Å². The summed E-state index contributed by atoms with van der Waals surface area (Å²) < 4.78 is 5.38. The highest BCUT2D eigenvalue weighted by molar-refractivity contribution is 4.78. The summed E-state index contributed by atoms with van der Waals surface area (Å²) in [4.78, 5) is 0. The molecule has 0 fully saturated rings. The van der Waals surface area contributed by atoms with Gasteiger partial charge in [-0.2, -0.15) is 0 Å². The molecule has 0 aliphatic heterocycles. The Morgan fingerprint density at radius 3 is 2.08 bits per heavy atom. The Morgan fingerprint density at radius 2 is 1.85 bits per heavy atom. The Labute approximate surface area is 85.5 Å². The third-order valence-electron chi connectivity index (χ3n) is 2.46. The van der Waals surface area contributed by atoms with Crippen LogP contribution in [-0.4, -0.2) is 26.8 Å². The molecule has 0 aromatic rings. The quantitative estimate of drug-likeness (QED) is 0.721. The van der Waals surface area contributed by atoms with Gasteiger partial charge in [-0.05, 0) is 18.9 Å². The molecule has 0 aliphatic rings. The van der Waals surface area contributed by atoms with Crippen LogP contribution in [0, 0.1) is 5.41 Å². The molecular weight excluding hydrogens is 162 g/mol. The van der Waals surface area contributed by atoms with Crippen molar-refractivity contribution in [1.29, 1.82) is 0 Å². The average Bonchev–Trinajstić information content (AvgIpc) is 2.17. The number of rotatable bonds is 5. The number of methoxy groups -OCH3 is 1. The molecule has 1 N–H and O–H groups in total. The molecule has 0 spiro atoms. The van der Waals surface area contributed by atoms with Crippen LogP contribution in [0.15, 0.2) is 0 Å². The Balaban J connectivity index is -0.000000376. The van der Waals surface area contributed by atoms with Gasteiger partial charge in [-0.1, -0.05) is 34.6 Å². The third kappa shape index (κ3) is 6.05. The van der Waals surface area contributed by atoms with Crippen molar-refractivity contribution in [3.05, 3.63) is 0 Å². The molecule has 0 aliphatic carbocycles. The van der Waals surface area contributed by atoms with Crippen molar-refractivity contribution < 1.29 is 6.16 Å². The van der Waals surface area contributed by atoms with Gasteiger partial charge in [-0.15, -0.1) is 0 Å². The lowest BCUT2D eigenvalue weighted by Gasteiger charge is -2.32. The van der Waals surface area contributed by atoms with Gasteiger partial charge in [0.1, 0.15) is 0 Å². The molecule has 0 bridgehead atoms. The first-order chi connectivity index (χ1) is 6.08. The van der Waals surface area contributed by atoms with Crippen molar-refractivity contribution in [2.24, 2.45) is 5.41 Å². The summed E-state index contributed by atoms with van der Waals surface area (Å²) in [5, 5.41) is 3.13. The fraction of sp³-hybridized carbons (Fsp3) is 1.00. The lowest BCUT2D eigenvalue weighted by Crippen LogP contribution is -2.38. The highest BCUT2D eigenvalue weighted by Crippen LogP contribution is 2.26. The van der Waals surface area contributed by atoms with Crippen LogP contribution in [0.4, 0.5) is 0 Å². The molecule has 0 radical (unpaired) electrons. The van der Waals surface area contributed by atoms with E-state index in [2.05, 4.69) is 26.1 Å². The SMILES string of the molecule is CC.CCC(C)(C)C(CNC)OC.[HH]. The molecule has 0 saturated carbocycles. The van der Waals surface area contributed by atoms with Crippen LogP contribution in [0.3, 0.4) is 0 Å². The molecule has 0 saturated heterocycles. The van der Waals surface area contributed by atoms with E-state index in [-0.39, 0.29) is 6.84 Å². The van der Waals surface area contributed by atoms with E-state index < -0.39 is 0 Å². The molecule has 0 heterocycles. The first kappa shape index (κ1) is 15.4. The van der Waals surface area contributed by atoms with Crippen molar-refractivity contribution in [1.82, 2.24) is 5.32 Å². The summed E-state index contributed by atoms with van der Waals surface area (Å²) in [5.41, 5.74) is 0.276. The van der Waals surface area contributed by atoms with Crippen molar-refractivity contribution in [3.63, 3.8) is 0 Å². The van der Waals surface area contributed by atoms with Gasteiger partial charge < -0.3 is 10.1 Å². The van der Waals surface area contributed by atoms with Gasteiger partial charge in [-0.3, -0.25) is 0 Å². The first-order valence-corrected chi connectivity index (χ1v) is 5.26. The van der Waals surface area contributed by atoms with E-state index in [1.54, 1.807) is 7.11 Å². The summed E-state index contributed by atoms with van der Waals surface area (Å²) in [6, 6.07) is 0. The highest BCUT2D eigenvalue weighted by atomic mass is 16.5. The van der Waals surface area contributed by atoms with Gasteiger partial charge in [0.2, 0.25) is 0 Å². The largest absolute Gasteiger partial charge is 0.380 e. The van der Waals surface area contributed by atoms with Crippen molar-refractivity contribution in [2.75, 3.05) is 20.7 Å². The molecule has 1 unspecified atom stereocenters. The lowest BCUT2D eigenvalue weighted by molar-refractivity contribution is 0.00695. The van der Waals surface area contributed by atoms with E-state index in [0.717, 1.165) is 13.0 Å². The van der Waals surface area contributed by atoms with Crippen molar-refractivity contribution in [2.45, 2.75) is 47.1 Å². The van der Waals surface area contributed by atoms with E-state index in [0.29, 0.717) is 6.10 Å². The van der Waals surface area contributed by atoms with Crippen molar-refractivity contribution >= 4 is 0 Å². The normalized spacial score (nSPS) is 13.2. The second kappa shape index (κ2) is 8.52. The molecule has 0 aromatic carbocycles. The number of likely N-dealkylation sites (N-methyl/N-ethyl adjacent to an activating group) is 1. The summed E-state index contributed by atoms with van der Waals surface area (Å²) in [5.74, 6) is 0. The topological polar surface area (TPSA) is 21.3 Å². The van der Waals surface area contributed by atoms with Gasteiger partial charge in [0.25, 0.3) is 0 Å². The first-order valence-electron chi connectivity index (χ1n) is 5.26. The fourth-order valence-corrected chi connectivity index (χ4v) is 1.09. The minimum absolute atomic E-state index is 0. The maximum Gasteiger partial charge on any atom is 0.0746 e. The van der Waals surface area contributed by atoms with E-state index in [9.17, 15) is 0 Å². The summed E-state index contributed by atoms with van der Waals surface area (Å²) >= 11 is 0. The standard InChI is InChI=1S/C9H21NO.C2H6.H2/c1-6-9(2,3)8(11-5)7-10-4;1-2;/h8,10H,6-7H2,1-5H3;1-2H3;1H. The van der Waals surface area contributed by atoms with E-state index in [4.69, 9.17) is 4.74 Å². The number of hydrogen-bond donors (Lipinski definition) is 1. The van der Waals surface area contributed by atoms with Crippen LogP contribution >= 0.6 is 0 Å². The molecule has 0 rings (SSSR count). The van der Waals surface area contributed by atoms with Gasteiger partial charge >= 0.3 is 0 Å². The summed E-state index contributed by atoms with van der Waals surface area (Å²) in [6.45, 7) is 11.6. The maximum atomic E-state index is 5.38. The molecule has 0 aromatic heterocycles. The van der Waals surface area contributed by atoms with E-state index in [1.807, 2.05) is 20.9 Å². The van der Waals surface area contributed by atoms with Crippen LogP contribution < -0.4 is 5.32 Å². The zero-order valence-corrected chi connectivity index (χ0v) is 10.4. The Bertz CT molecular complexity index is 107. The smallest absolute Gasteiger partial charge is 0.0746 e. The van der Waals surface area contributed by atoms with Crippen LogP contribution in [-0.2, 0) is 4.74 Å². The van der Waals surface area contributed by atoms with Crippen LogP contribution in [0.5, 0.6) is 0 Å². The average molecular weight is 191 g/mol. The Morgan fingerprint density at radius 1 is 1.38 bits per heavy atom. The maximum absolute atomic E-state index is 5.38. The fourth-order valence-electron chi connectivity index (χ4n) is 1.09. The summed E-state index contributed by atoms with van der Waals surface area (Å²) in [7, 11) is 3.73. The number of nitrogens with one attached hydrogen (secondary N) is 1. The van der Waals surface area contributed by atoms with E-state index in [1.165, 1.54) is 0 Å². The monoisotopic (exact) mass is 191 g/mol. The van der Waals surface area contributed by atoms with Gasteiger partial charge in [0.15, 0.2) is 0 Å². The molecule has 1 atom stereocenters. The van der Waals surface area contributed by atoms with Gasteiger partial charge in [-0.25, -0.2) is 0 Å². The second-order valence-corrected chi connectivity index (χ2v) is 3.62. The molecular formula is C11H29NO. The Kier molecular flexibility index (Phi) is 10.1. The summed E-state index contributed by atoms with van der Waals surface area (Å²) in [6.07, 6.45) is 1.46. The van der Waals surface area contributed by atoms with E-state index >= 15 is 0 Å². The number of ether oxygens (including phenoxy) is 1. The van der Waals surface area contributed by atoms with Crippen LogP contribution in [0.1, 0.15) is 42.5 Å². The predicted molar refractivity (Wildman–Crippen MR) is 62.3 cm³/mol. The van der Waals surface area contributed by atoms with Crippen molar-refractivity contribution in [3.8, 4) is 0 Å². The third-order valence-corrected chi connectivity index (χ3v) is 2.46. The zero-order valence-electron chi connectivity index (χ0n) is 10.4. The molecule has 0 amide bonds. The van der Waals surface area contributed by atoms with Gasteiger partial charge in [0.05, 0.1) is 6.10 Å². The zero-order chi connectivity index (χ0) is 10.9. The molecule has 84 valence electrons. The molecule has 2 heteroatoms. The lowest BCUT2D eigenvalue weighted by atomic mass is 9.84. The highest BCUT2D eigenvalue weighted by Gasteiger charge is 2.26. The molecule has 2 nitrogen and oxygen atoms in total. The van der Waals surface area contributed by atoms with Crippen LogP contribution in [0.2, 0.25) is 0 Å². The predicted octanol–water partition coefficient (Wildman–Crippen LogP) is 2.93. The molecule has 13 heavy (non-hydrogen) atoms. The number of hydrogen-bond acceptors (Lipinski definition) is 2. The second-order valence-electron chi connectivity index (χ2n) is 3.62. The Hall–Kier alpha value is -0.0800.